The molecule has 14 heavy (non-hydrogen) atoms. The SMILES string of the molecule is OCC(CO)CCc1cccc(O)c1. The highest BCUT2D eigenvalue weighted by Crippen LogP contribution is 2.14. The number of rotatable bonds is 5. The molecule has 78 valence electrons. The molecule has 0 unspecified atom stereocenters. The van der Waals surface area contributed by atoms with Crippen LogP contribution in [-0.4, -0.2) is 28.5 Å². The van der Waals surface area contributed by atoms with Crippen LogP contribution in [0.3, 0.4) is 0 Å². The number of hydrogen-bond acceptors (Lipinski definition) is 3. The molecular weight excluding hydrogens is 180 g/mol. The summed E-state index contributed by atoms with van der Waals surface area (Å²) in [7, 11) is 0. The Hall–Kier alpha value is -1.06. The van der Waals surface area contributed by atoms with Crippen molar-refractivity contribution in [2.75, 3.05) is 13.2 Å². The van der Waals surface area contributed by atoms with Gasteiger partial charge in [0.1, 0.15) is 5.75 Å². The summed E-state index contributed by atoms with van der Waals surface area (Å²) in [4.78, 5) is 0. The third kappa shape index (κ3) is 3.36. The predicted octanol–water partition coefficient (Wildman–Crippen LogP) is 0.926. The van der Waals surface area contributed by atoms with Crippen molar-refractivity contribution in [1.82, 2.24) is 0 Å². The van der Waals surface area contributed by atoms with Crippen molar-refractivity contribution in [3.05, 3.63) is 29.8 Å². The second kappa shape index (κ2) is 5.62. The van der Waals surface area contributed by atoms with Gasteiger partial charge in [0, 0.05) is 19.1 Å². The van der Waals surface area contributed by atoms with E-state index >= 15 is 0 Å². The van der Waals surface area contributed by atoms with Crippen LogP contribution in [0.2, 0.25) is 0 Å². The maximum atomic E-state index is 9.19. The monoisotopic (exact) mass is 196 g/mol. The highest BCUT2D eigenvalue weighted by Gasteiger charge is 2.05. The van der Waals surface area contributed by atoms with Crippen LogP contribution in [0.4, 0.5) is 0 Å². The van der Waals surface area contributed by atoms with Crippen molar-refractivity contribution in [1.29, 1.82) is 0 Å². The Morgan fingerprint density at radius 2 is 1.86 bits per heavy atom. The molecule has 0 saturated heterocycles. The topological polar surface area (TPSA) is 60.7 Å². The van der Waals surface area contributed by atoms with E-state index in [9.17, 15) is 5.11 Å². The zero-order valence-corrected chi connectivity index (χ0v) is 8.06. The van der Waals surface area contributed by atoms with E-state index in [1.165, 1.54) is 0 Å². The molecule has 0 fully saturated rings. The van der Waals surface area contributed by atoms with Crippen LogP contribution < -0.4 is 0 Å². The number of aromatic hydroxyl groups is 1. The van der Waals surface area contributed by atoms with E-state index in [0.29, 0.717) is 0 Å². The minimum absolute atomic E-state index is 0.00924. The third-order valence-electron chi connectivity index (χ3n) is 2.27. The van der Waals surface area contributed by atoms with Gasteiger partial charge in [0.2, 0.25) is 0 Å². The van der Waals surface area contributed by atoms with Crippen molar-refractivity contribution in [3.63, 3.8) is 0 Å². The molecule has 3 nitrogen and oxygen atoms in total. The maximum absolute atomic E-state index is 9.19. The van der Waals surface area contributed by atoms with Crippen LogP contribution in [0.5, 0.6) is 5.75 Å². The first-order valence-electron chi connectivity index (χ1n) is 4.76. The molecule has 0 aromatic heterocycles. The highest BCUT2D eigenvalue weighted by molar-refractivity contribution is 5.27. The van der Waals surface area contributed by atoms with Gasteiger partial charge in [-0.1, -0.05) is 12.1 Å². The van der Waals surface area contributed by atoms with Crippen molar-refractivity contribution in [2.24, 2.45) is 5.92 Å². The summed E-state index contributed by atoms with van der Waals surface area (Å²) in [5.74, 6) is 0.199. The molecule has 0 bridgehead atoms. The fourth-order valence-corrected chi connectivity index (χ4v) is 1.32. The van der Waals surface area contributed by atoms with Gasteiger partial charge in [0.15, 0.2) is 0 Å². The molecule has 0 aliphatic carbocycles. The molecule has 0 aliphatic heterocycles. The van der Waals surface area contributed by atoms with Gasteiger partial charge in [0.05, 0.1) is 0 Å². The third-order valence-corrected chi connectivity index (χ3v) is 2.27. The van der Waals surface area contributed by atoms with Gasteiger partial charge in [-0.3, -0.25) is 0 Å². The molecule has 0 spiro atoms. The molecule has 0 amide bonds. The molecule has 0 aliphatic rings. The van der Waals surface area contributed by atoms with Crippen LogP contribution in [0.1, 0.15) is 12.0 Å². The first-order valence-corrected chi connectivity index (χ1v) is 4.76. The molecule has 3 N–H and O–H groups in total. The predicted molar refractivity (Wildman–Crippen MR) is 54.1 cm³/mol. The lowest BCUT2D eigenvalue weighted by molar-refractivity contribution is 0.144. The normalized spacial score (nSPS) is 10.8. The van der Waals surface area contributed by atoms with Crippen LogP contribution >= 0.6 is 0 Å². The first kappa shape index (κ1) is 11.0. The largest absolute Gasteiger partial charge is 0.508 e. The Morgan fingerprint density at radius 3 is 2.43 bits per heavy atom. The number of phenols is 1. The Bertz CT molecular complexity index is 269. The second-order valence-corrected chi connectivity index (χ2v) is 3.44. The molecule has 0 heterocycles. The van der Waals surface area contributed by atoms with Gasteiger partial charge in [-0.2, -0.15) is 0 Å². The Balaban J connectivity index is 2.44. The molecule has 1 aromatic carbocycles. The minimum atomic E-state index is -0.0580. The zero-order valence-electron chi connectivity index (χ0n) is 8.06. The average molecular weight is 196 g/mol. The van der Waals surface area contributed by atoms with E-state index in [1.807, 2.05) is 6.07 Å². The van der Waals surface area contributed by atoms with E-state index in [0.717, 1.165) is 18.4 Å². The summed E-state index contributed by atoms with van der Waals surface area (Å²) < 4.78 is 0. The Labute approximate surface area is 83.6 Å². The smallest absolute Gasteiger partial charge is 0.115 e. The average Bonchev–Trinajstić information content (AvgIpc) is 2.19. The molecular formula is C11H16O3. The summed E-state index contributed by atoms with van der Waals surface area (Å²) in [6, 6.07) is 7.04. The van der Waals surface area contributed by atoms with Crippen LogP contribution in [-0.2, 0) is 6.42 Å². The van der Waals surface area contributed by atoms with Crippen molar-refractivity contribution < 1.29 is 15.3 Å². The van der Waals surface area contributed by atoms with Crippen LogP contribution in [0, 0.1) is 5.92 Å². The van der Waals surface area contributed by atoms with Crippen molar-refractivity contribution >= 4 is 0 Å². The molecule has 3 heteroatoms. The van der Waals surface area contributed by atoms with Crippen molar-refractivity contribution in [2.45, 2.75) is 12.8 Å². The summed E-state index contributed by atoms with van der Waals surface area (Å²) in [6.45, 7) is 0.0185. The number of benzene rings is 1. The highest BCUT2D eigenvalue weighted by atomic mass is 16.3. The summed E-state index contributed by atoms with van der Waals surface area (Å²) in [5, 5.41) is 26.9. The summed E-state index contributed by atoms with van der Waals surface area (Å²) >= 11 is 0. The molecule has 0 atom stereocenters. The Kier molecular flexibility index (Phi) is 4.43. The summed E-state index contributed by atoms with van der Waals surface area (Å²) in [6.07, 6.45) is 1.50. The number of aliphatic hydroxyl groups is 2. The van der Waals surface area contributed by atoms with E-state index in [4.69, 9.17) is 10.2 Å². The fraction of sp³-hybridized carbons (Fsp3) is 0.455. The van der Waals surface area contributed by atoms with E-state index in [1.54, 1.807) is 18.2 Å². The molecule has 1 aromatic rings. The lowest BCUT2D eigenvalue weighted by Crippen LogP contribution is -2.11. The van der Waals surface area contributed by atoms with Gasteiger partial charge in [-0.15, -0.1) is 0 Å². The quantitative estimate of drug-likeness (QED) is 0.656. The second-order valence-electron chi connectivity index (χ2n) is 3.44. The summed E-state index contributed by atoms with van der Waals surface area (Å²) in [5.41, 5.74) is 1.02. The molecule has 0 saturated carbocycles. The van der Waals surface area contributed by atoms with Crippen LogP contribution in [0.15, 0.2) is 24.3 Å². The lowest BCUT2D eigenvalue weighted by atomic mass is 10.0. The lowest BCUT2D eigenvalue weighted by Gasteiger charge is -2.10. The van der Waals surface area contributed by atoms with Crippen molar-refractivity contribution in [3.8, 4) is 5.75 Å². The molecule has 1 rings (SSSR count). The number of aliphatic hydroxyl groups excluding tert-OH is 2. The van der Waals surface area contributed by atoms with E-state index in [2.05, 4.69) is 0 Å². The van der Waals surface area contributed by atoms with Gasteiger partial charge >= 0.3 is 0 Å². The Morgan fingerprint density at radius 1 is 1.14 bits per heavy atom. The zero-order chi connectivity index (χ0) is 10.4. The number of aryl methyl sites for hydroxylation is 1. The van der Waals surface area contributed by atoms with E-state index in [-0.39, 0.29) is 24.9 Å². The van der Waals surface area contributed by atoms with Gasteiger partial charge in [-0.05, 0) is 30.5 Å². The van der Waals surface area contributed by atoms with Gasteiger partial charge in [0.25, 0.3) is 0 Å². The maximum Gasteiger partial charge on any atom is 0.115 e. The van der Waals surface area contributed by atoms with E-state index < -0.39 is 0 Å². The van der Waals surface area contributed by atoms with Crippen LogP contribution in [0.25, 0.3) is 0 Å². The van der Waals surface area contributed by atoms with Gasteiger partial charge < -0.3 is 15.3 Å². The number of hydrogen-bond donors (Lipinski definition) is 3. The fourth-order valence-electron chi connectivity index (χ4n) is 1.32. The standard InChI is InChI=1S/C11H16O3/c12-7-10(8-13)5-4-9-2-1-3-11(14)6-9/h1-3,6,10,12-14H,4-5,7-8H2. The molecule has 0 radical (unpaired) electrons. The minimum Gasteiger partial charge on any atom is -0.508 e. The number of phenolic OH excluding ortho intramolecular Hbond substituents is 1. The van der Waals surface area contributed by atoms with Gasteiger partial charge in [-0.25, -0.2) is 0 Å². The first-order chi connectivity index (χ1) is 6.76.